The number of nitrogens with one attached hydrogen (secondary N) is 1. The fourth-order valence-corrected chi connectivity index (χ4v) is 3.12. The molecule has 1 aromatic rings. The lowest BCUT2D eigenvalue weighted by atomic mass is 9.82. The van der Waals surface area contributed by atoms with E-state index < -0.39 is 34.7 Å². The van der Waals surface area contributed by atoms with Gasteiger partial charge < -0.3 is 19.7 Å². The number of halogens is 2. The average Bonchev–Trinajstić information content (AvgIpc) is 2.41. The largest absolute Gasteiger partial charge is 0.444 e. The lowest BCUT2D eigenvalue weighted by Crippen LogP contribution is -2.69. The summed E-state index contributed by atoms with van der Waals surface area (Å²) in [5, 5.41) is 2.75. The zero-order valence-electron chi connectivity index (χ0n) is 16.5. The van der Waals surface area contributed by atoms with Crippen LogP contribution >= 0.6 is 15.9 Å². The summed E-state index contributed by atoms with van der Waals surface area (Å²) in [5.41, 5.74) is -2.15. The van der Waals surface area contributed by atoms with Crippen molar-refractivity contribution in [2.75, 3.05) is 13.1 Å². The second-order valence-corrected chi connectivity index (χ2v) is 9.50. The van der Waals surface area contributed by atoms with Gasteiger partial charge in [-0.25, -0.2) is 14.0 Å². The first kappa shape index (κ1) is 21.5. The van der Waals surface area contributed by atoms with E-state index in [0.29, 0.717) is 0 Å². The van der Waals surface area contributed by atoms with Crippen LogP contribution in [0.4, 0.5) is 14.0 Å². The van der Waals surface area contributed by atoms with Crippen LogP contribution in [0, 0.1) is 5.82 Å². The Kier molecular flexibility index (Phi) is 5.80. The number of hydrogen-bond donors (Lipinski definition) is 1. The summed E-state index contributed by atoms with van der Waals surface area (Å²) in [6.07, 6.45) is -1.19. The number of rotatable bonds is 2. The molecular weight excluding hydrogens is 419 g/mol. The average molecular weight is 445 g/mol. The van der Waals surface area contributed by atoms with E-state index in [1.165, 1.54) is 4.90 Å². The first-order valence-corrected chi connectivity index (χ1v) is 9.45. The molecular formula is C19H26BrFN2O4. The van der Waals surface area contributed by atoms with E-state index >= 15 is 0 Å². The molecule has 1 saturated heterocycles. The topological polar surface area (TPSA) is 67.9 Å². The zero-order chi connectivity index (χ0) is 20.6. The molecule has 27 heavy (non-hydrogen) atoms. The molecule has 1 aliphatic heterocycles. The van der Waals surface area contributed by atoms with Gasteiger partial charge in [0.05, 0.1) is 17.6 Å². The van der Waals surface area contributed by atoms with Crippen LogP contribution in [0.3, 0.4) is 0 Å². The third-order valence-electron chi connectivity index (χ3n) is 3.78. The van der Waals surface area contributed by atoms with Crippen LogP contribution < -0.4 is 5.32 Å². The molecule has 2 amide bonds. The van der Waals surface area contributed by atoms with Crippen LogP contribution in [0.5, 0.6) is 0 Å². The Hall–Kier alpha value is -1.83. The van der Waals surface area contributed by atoms with Crippen molar-refractivity contribution >= 4 is 28.1 Å². The number of nitrogens with zero attached hydrogens (tertiary/aromatic N) is 1. The highest BCUT2D eigenvalue weighted by Gasteiger charge is 2.51. The van der Waals surface area contributed by atoms with Crippen LogP contribution in [0.1, 0.15) is 47.1 Å². The summed E-state index contributed by atoms with van der Waals surface area (Å²) < 4.78 is 25.7. The number of carbonyl (C=O) groups excluding carboxylic acids is 2. The Morgan fingerprint density at radius 3 is 2.19 bits per heavy atom. The van der Waals surface area contributed by atoms with Gasteiger partial charge in [-0.05, 0) is 63.5 Å². The standard InChI is InChI=1S/C19H26BrFN2O4/c1-17(2,3)26-15(24)22-19(12-8-7-9-13(20)14(12)21)10-23(11-19)16(25)27-18(4,5)6/h7-9H,10-11H2,1-6H3,(H,22,24). The zero-order valence-corrected chi connectivity index (χ0v) is 18.1. The second-order valence-electron chi connectivity index (χ2n) is 8.65. The molecule has 150 valence electrons. The summed E-state index contributed by atoms with van der Waals surface area (Å²) in [7, 11) is 0. The summed E-state index contributed by atoms with van der Waals surface area (Å²) >= 11 is 3.17. The van der Waals surface area contributed by atoms with Crippen molar-refractivity contribution in [2.24, 2.45) is 0 Å². The minimum atomic E-state index is -1.09. The molecule has 0 unspecified atom stereocenters. The summed E-state index contributed by atoms with van der Waals surface area (Å²) in [5.74, 6) is -0.489. The molecule has 0 bridgehead atoms. The number of benzene rings is 1. The number of ether oxygens (including phenoxy) is 2. The van der Waals surface area contributed by atoms with Crippen LogP contribution in [-0.4, -0.2) is 41.4 Å². The molecule has 0 atom stereocenters. The monoisotopic (exact) mass is 444 g/mol. The molecule has 0 saturated carbocycles. The van der Waals surface area contributed by atoms with Crippen molar-refractivity contribution in [3.63, 3.8) is 0 Å². The minimum Gasteiger partial charge on any atom is -0.444 e. The van der Waals surface area contributed by atoms with Crippen molar-refractivity contribution in [2.45, 2.75) is 58.3 Å². The first-order valence-electron chi connectivity index (χ1n) is 8.66. The Balaban J connectivity index is 2.26. The smallest absolute Gasteiger partial charge is 0.410 e. The minimum absolute atomic E-state index is 0.0779. The molecule has 0 aliphatic carbocycles. The quantitative estimate of drug-likeness (QED) is 0.725. The molecule has 8 heteroatoms. The van der Waals surface area contributed by atoms with E-state index in [1.54, 1.807) is 59.7 Å². The molecule has 0 radical (unpaired) electrons. The van der Waals surface area contributed by atoms with E-state index in [9.17, 15) is 14.0 Å². The van der Waals surface area contributed by atoms with Crippen LogP contribution in [0.25, 0.3) is 0 Å². The van der Waals surface area contributed by atoms with Gasteiger partial charge in [-0.1, -0.05) is 12.1 Å². The van der Waals surface area contributed by atoms with Gasteiger partial charge in [-0.3, -0.25) is 0 Å². The molecule has 1 heterocycles. The molecule has 1 fully saturated rings. The van der Waals surface area contributed by atoms with E-state index in [0.717, 1.165) is 0 Å². The normalized spacial score (nSPS) is 16.4. The van der Waals surface area contributed by atoms with Crippen LogP contribution in [-0.2, 0) is 15.0 Å². The molecule has 0 aromatic heterocycles. The Bertz CT molecular complexity index is 734. The van der Waals surface area contributed by atoms with E-state index in [1.807, 2.05) is 0 Å². The highest BCUT2D eigenvalue weighted by atomic mass is 79.9. The van der Waals surface area contributed by atoms with Gasteiger partial charge in [0.2, 0.25) is 0 Å². The number of alkyl carbamates (subject to hydrolysis) is 1. The highest BCUT2D eigenvalue weighted by molar-refractivity contribution is 9.10. The van der Waals surface area contributed by atoms with E-state index in [4.69, 9.17) is 9.47 Å². The molecule has 1 aliphatic rings. The van der Waals surface area contributed by atoms with Crippen molar-refractivity contribution in [1.29, 1.82) is 0 Å². The van der Waals surface area contributed by atoms with Gasteiger partial charge in [0.15, 0.2) is 0 Å². The van der Waals surface area contributed by atoms with Crippen LogP contribution in [0.15, 0.2) is 22.7 Å². The van der Waals surface area contributed by atoms with Gasteiger partial charge in [0, 0.05) is 5.56 Å². The Morgan fingerprint density at radius 2 is 1.67 bits per heavy atom. The summed E-state index contributed by atoms with van der Waals surface area (Å²) in [6, 6.07) is 4.84. The van der Waals surface area contributed by atoms with Gasteiger partial charge in [-0.15, -0.1) is 0 Å². The SMILES string of the molecule is CC(C)(C)OC(=O)NC1(c2cccc(Br)c2F)CN(C(=O)OC(C)(C)C)C1. The summed E-state index contributed by atoms with van der Waals surface area (Å²) in [6.45, 7) is 10.7. The van der Waals surface area contributed by atoms with Crippen molar-refractivity contribution < 1.29 is 23.5 Å². The van der Waals surface area contributed by atoms with E-state index in [-0.39, 0.29) is 23.1 Å². The molecule has 0 spiro atoms. The third kappa shape index (κ3) is 5.34. The highest BCUT2D eigenvalue weighted by Crippen LogP contribution is 2.37. The second kappa shape index (κ2) is 7.30. The number of likely N-dealkylation sites (tertiary alicyclic amines) is 1. The predicted octanol–water partition coefficient (Wildman–Crippen LogP) is 4.56. The molecule has 6 nitrogen and oxygen atoms in total. The maximum Gasteiger partial charge on any atom is 0.410 e. The van der Waals surface area contributed by atoms with E-state index in [2.05, 4.69) is 21.2 Å². The Labute approximate surface area is 167 Å². The number of carbonyl (C=O) groups is 2. The fraction of sp³-hybridized carbons (Fsp3) is 0.579. The van der Waals surface area contributed by atoms with Crippen molar-refractivity contribution in [1.82, 2.24) is 10.2 Å². The maximum atomic E-state index is 14.7. The van der Waals surface area contributed by atoms with Gasteiger partial charge in [-0.2, -0.15) is 0 Å². The van der Waals surface area contributed by atoms with Crippen LogP contribution in [0.2, 0.25) is 0 Å². The lowest BCUT2D eigenvalue weighted by Gasteiger charge is -2.50. The number of hydrogen-bond acceptors (Lipinski definition) is 4. The molecule has 2 rings (SSSR count). The van der Waals surface area contributed by atoms with Gasteiger partial charge in [0.1, 0.15) is 22.6 Å². The first-order chi connectivity index (χ1) is 12.2. The van der Waals surface area contributed by atoms with Gasteiger partial charge >= 0.3 is 12.2 Å². The fourth-order valence-electron chi connectivity index (χ4n) is 2.75. The summed E-state index contributed by atoms with van der Waals surface area (Å²) in [4.78, 5) is 26.0. The van der Waals surface area contributed by atoms with Gasteiger partial charge in [0.25, 0.3) is 0 Å². The maximum absolute atomic E-state index is 14.7. The lowest BCUT2D eigenvalue weighted by molar-refractivity contribution is -0.0238. The Morgan fingerprint density at radius 1 is 1.11 bits per heavy atom. The molecule has 1 aromatic carbocycles. The van der Waals surface area contributed by atoms with Crippen molar-refractivity contribution in [3.8, 4) is 0 Å². The number of amides is 2. The third-order valence-corrected chi connectivity index (χ3v) is 4.39. The predicted molar refractivity (Wildman–Crippen MR) is 103 cm³/mol. The molecule has 1 N–H and O–H groups in total. The van der Waals surface area contributed by atoms with Crippen molar-refractivity contribution in [3.05, 3.63) is 34.1 Å².